The standard InChI is InChI=1S/C18H18N4O5S/c1-26-8-6-22-16(24)11-5-4-10(9-12(11)17(22)25)14(23)19-18-21-20-15(28-18)13-3-2-7-27-13/h4-5,9,13H,2-3,6-8H2,1H3,(H,19,21,23). The molecule has 2 aromatic rings. The number of benzene rings is 1. The second-order valence-corrected chi connectivity index (χ2v) is 7.43. The van der Waals surface area contributed by atoms with E-state index >= 15 is 0 Å². The van der Waals surface area contributed by atoms with Gasteiger partial charge in [0, 0.05) is 19.3 Å². The van der Waals surface area contributed by atoms with E-state index in [1.54, 1.807) is 0 Å². The van der Waals surface area contributed by atoms with Gasteiger partial charge in [0.2, 0.25) is 5.13 Å². The number of nitrogens with one attached hydrogen (secondary N) is 1. The number of amides is 3. The SMILES string of the molecule is COCCN1C(=O)c2ccc(C(=O)Nc3nnc(C4CCCO4)s3)cc2C1=O. The number of imide groups is 1. The van der Waals surface area contributed by atoms with Crippen molar-refractivity contribution < 1.29 is 23.9 Å². The first-order valence-electron chi connectivity index (χ1n) is 8.84. The molecule has 146 valence electrons. The van der Waals surface area contributed by atoms with E-state index in [-0.39, 0.29) is 41.9 Å². The number of nitrogens with zero attached hydrogens (tertiary/aromatic N) is 3. The zero-order chi connectivity index (χ0) is 19.7. The van der Waals surface area contributed by atoms with Crippen molar-refractivity contribution in [2.24, 2.45) is 0 Å². The number of rotatable bonds is 6. The molecule has 1 N–H and O–H groups in total. The molecule has 0 bridgehead atoms. The molecule has 1 saturated heterocycles. The zero-order valence-corrected chi connectivity index (χ0v) is 16.0. The molecular formula is C18H18N4O5S. The summed E-state index contributed by atoms with van der Waals surface area (Å²) in [6.45, 7) is 1.12. The number of fused-ring (bicyclic) bond motifs is 1. The van der Waals surface area contributed by atoms with Crippen LogP contribution in [0.4, 0.5) is 5.13 Å². The predicted molar refractivity (Wildman–Crippen MR) is 99.5 cm³/mol. The van der Waals surface area contributed by atoms with Crippen LogP contribution in [0, 0.1) is 0 Å². The van der Waals surface area contributed by atoms with Crippen molar-refractivity contribution in [3.05, 3.63) is 39.9 Å². The molecule has 3 heterocycles. The number of aromatic nitrogens is 2. The quantitative estimate of drug-likeness (QED) is 0.735. The van der Waals surface area contributed by atoms with Crippen molar-refractivity contribution in [3.8, 4) is 0 Å². The number of anilines is 1. The highest BCUT2D eigenvalue weighted by Gasteiger charge is 2.35. The van der Waals surface area contributed by atoms with Gasteiger partial charge < -0.3 is 9.47 Å². The smallest absolute Gasteiger partial charge is 0.261 e. The third-order valence-electron chi connectivity index (χ3n) is 4.62. The van der Waals surface area contributed by atoms with Crippen molar-refractivity contribution in [1.29, 1.82) is 0 Å². The predicted octanol–water partition coefficient (Wildman–Crippen LogP) is 1.88. The van der Waals surface area contributed by atoms with E-state index in [9.17, 15) is 14.4 Å². The van der Waals surface area contributed by atoms with E-state index in [4.69, 9.17) is 9.47 Å². The van der Waals surface area contributed by atoms with Crippen LogP contribution >= 0.6 is 11.3 Å². The molecule has 1 aromatic carbocycles. The molecule has 2 aliphatic rings. The van der Waals surface area contributed by atoms with Crippen molar-refractivity contribution in [2.45, 2.75) is 18.9 Å². The molecule has 1 atom stereocenters. The Morgan fingerprint density at radius 1 is 1.32 bits per heavy atom. The van der Waals surface area contributed by atoms with E-state index in [0.717, 1.165) is 22.7 Å². The van der Waals surface area contributed by atoms with Gasteiger partial charge in [-0.2, -0.15) is 0 Å². The zero-order valence-electron chi connectivity index (χ0n) is 15.1. The summed E-state index contributed by atoms with van der Waals surface area (Å²) in [4.78, 5) is 38.5. The van der Waals surface area contributed by atoms with E-state index < -0.39 is 11.8 Å². The van der Waals surface area contributed by atoms with Crippen molar-refractivity contribution in [1.82, 2.24) is 15.1 Å². The molecule has 1 fully saturated rings. The second kappa shape index (κ2) is 7.74. The van der Waals surface area contributed by atoms with Crippen LogP contribution in [-0.2, 0) is 9.47 Å². The fraction of sp³-hybridized carbons (Fsp3) is 0.389. The Kier molecular flexibility index (Phi) is 5.16. The minimum Gasteiger partial charge on any atom is -0.383 e. The highest BCUT2D eigenvalue weighted by atomic mass is 32.1. The fourth-order valence-electron chi connectivity index (χ4n) is 3.17. The number of carbonyl (C=O) groups is 3. The topological polar surface area (TPSA) is 111 Å². The third kappa shape index (κ3) is 3.41. The van der Waals surface area contributed by atoms with Gasteiger partial charge >= 0.3 is 0 Å². The first-order valence-corrected chi connectivity index (χ1v) is 9.65. The van der Waals surface area contributed by atoms with E-state index in [0.29, 0.717) is 11.7 Å². The number of methoxy groups -OCH3 is 1. The molecule has 0 saturated carbocycles. The summed E-state index contributed by atoms with van der Waals surface area (Å²) in [5.41, 5.74) is 0.766. The lowest BCUT2D eigenvalue weighted by atomic mass is 10.1. The summed E-state index contributed by atoms with van der Waals surface area (Å²) in [5, 5.41) is 11.8. The Morgan fingerprint density at radius 2 is 2.14 bits per heavy atom. The van der Waals surface area contributed by atoms with Crippen LogP contribution in [0.3, 0.4) is 0 Å². The number of carbonyl (C=O) groups excluding carboxylic acids is 3. The minimum absolute atomic E-state index is 0.0649. The summed E-state index contributed by atoms with van der Waals surface area (Å²) in [6, 6.07) is 4.44. The maximum Gasteiger partial charge on any atom is 0.261 e. The van der Waals surface area contributed by atoms with Gasteiger partial charge in [0.15, 0.2) is 0 Å². The molecule has 9 nitrogen and oxygen atoms in total. The van der Waals surface area contributed by atoms with Gasteiger partial charge in [-0.1, -0.05) is 11.3 Å². The van der Waals surface area contributed by atoms with Crippen molar-refractivity contribution >= 4 is 34.2 Å². The fourth-order valence-corrected chi connectivity index (χ4v) is 4.00. The van der Waals surface area contributed by atoms with Gasteiger partial charge in [0.25, 0.3) is 17.7 Å². The maximum atomic E-state index is 12.6. The maximum absolute atomic E-state index is 12.6. The van der Waals surface area contributed by atoms with Crippen LogP contribution in [0.25, 0.3) is 0 Å². The first kappa shape index (κ1) is 18.7. The van der Waals surface area contributed by atoms with Crippen LogP contribution in [0.2, 0.25) is 0 Å². The largest absolute Gasteiger partial charge is 0.383 e. The van der Waals surface area contributed by atoms with Crippen molar-refractivity contribution in [3.63, 3.8) is 0 Å². The van der Waals surface area contributed by atoms with Crippen LogP contribution in [0.15, 0.2) is 18.2 Å². The summed E-state index contributed by atoms with van der Waals surface area (Å²) >= 11 is 1.27. The Hall–Kier alpha value is -2.69. The van der Waals surface area contributed by atoms with Crippen LogP contribution < -0.4 is 5.32 Å². The average molecular weight is 402 g/mol. The van der Waals surface area contributed by atoms with Crippen LogP contribution in [0.5, 0.6) is 0 Å². The monoisotopic (exact) mass is 402 g/mol. The molecule has 2 aliphatic heterocycles. The molecule has 10 heteroatoms. The first-order chi connectivity index (χ1) is 13.6. The van der Waals surface area contributed by atoms with E-state index in [2.05, 4.69) is 15.5 Å². The van der Waals surface area contributed by atoms with Crippen molar-refractivity contribution in [2.75, 3.05) is 32.2 Å². The summed E-state index contributed by atoms with van der Waals surface area (Å²) < 4.78 is 10.5. The molecule has 0 spiro atoms. The van der Waals surface area contributed by atoms with E-state index in [1.165, 1.54) is 36.6 Å². The average Bonchev–Trinajstić information content (AvgIpc) is 3.42. The number of ether oxygens (including phenoxy) is 2. The molecule has 0 radical (unpaired) electrons. The van der Waals surface area contributed by atoms with Gasteiger partial charge in [0.1, 0.15) is 11.1 Å². The number of hydrogen-bond donors (Lipinski definition) is 1. The molecule has 3 amide bonds. The van der Waals surface area contributed by atoms with Gasteiger partial charge in [-0.15, -0.1) is 10.2 Å². The van der Waals surface area contributed by atoms with E-state index in [1.807, 2.05) is 0 Å². The minimum atomic E-state index is -0.428. The Balaban J connectivity index is 1.49. The molecule has 4 rings (SSSR count). The normalized spacial score (nSPS) is 18.6. The van der Waals surface area contributed by atoms with Gasteiger partial charge in [-0.3, -0.25) is 24.6 Å². The summed E-state index contributed by atoms with van der Waals surface area (Å²) in [5.74, 6) is -1.23. The molecule has 1 unspecified atom stereocenters. The molecule has 0 aliphatic carbocycles. The van der Waals surface area contributed by atoms with Gasteiger partial charge in [0.05, 0.1) is 24.3 Å². The van der Waals surface area contributed by atoms with Gasteiger partial charge in [-0.05, 0) is 31.0 Å². The third-order valence-corrected chi connectivity index (χ3v) is 5.55. The highest BCUT2D eigenvalue weighted by Crippen LogP contribution is 2.32. The lowest BCUT2D eigenvalue weighted by molar-refractivity contribution is 0.0603. The van der Waals surface area contributed by atoms with Crippen LogP contribution in [0.1, 0.15) is 55.0 Å². The summed E-state index contributed by atoms with van der Waals surface area (Å²) in [6.07, 6.45) is 1.81. The number of hydrogen-bond acceptors (Lipinski definition) is 8. The Bertz CT molecular complexity index is 938. The molecular weight excluding hydrogens is 384 g/mol. The highest BCUT2D eigenvalue weighted by molar-refractivity contribution is 7.15. The second-order valence-electron chi connectivity index (χ2n) is 6.42. The van der Waals surface area contributed by atoms with Gasteiger partial charge in [-0.25, -0.2) is 0 Å². The van der Waals surface area contributed by atoms with Crippen LogP contribution in [-0.4, -0.2) is 59.7 Å². The summed E-state index contributed by atoms with van der Waals surface area (Å²) in [7, 11) is 1.50. The molecule has 1 aromatic heterocycles. The molecule has 28 heavy (non-hydrogen) atoms. The Morgan fingerprint density at radius 3 is 2.89 bits per heavy atom. The Labute approximate surface area is 164 Å². The lowest BCUT2D eigenvalue weighted by Crippen LogP contribution is -2.32. The lowest BCUT2D eigenvalue weighted by Gasteiger charge is -2.12.